The van der Waals surface area contributed by atoms with Crippen molar-refractivity contribution in [1.82, 2.24) is 10.3 Å². The first-order chi connectivity index (χ1) is 12.2. The zero-order chi connectivity index (χ0) is 17.5. The van der Waals surface area contributed by atoms with E-state index in [2.05, 4.69) is 16.4 Å². The first kappa shape index (κ1) is 17.2. The number of carbonyl (C=O) groups excluding carboxylic acids is 2. The molecule has 1 amide bonds. The van der Waals surface area contributed by atoms with Crippen molar-refractivity contribution in [3.05, 3.63) is 58.4 Å². The smallest absolute Gasteiger partial charge is 0.306 e. The van der Waals surface area contributed by atoms with E-state index in [4.69, 9.17) is 4.74 Å². The Kier molecular flexibility index (Phi) is 5.85. The largest absolute Gasteiger partial charge is 0.456 e. The molecule has 0 saturated heterocycles. The lowest BCUT2D eigenvalue weighted by atomic mass is 10.1. The Bertz CT molecular complexity index is 839. The number of thiophene rings is 1. The molecule has 0 aliphatic carbocycles. The summed E-state index contributed by atoms with van der Waals surface area (Å²) < 4.78 is 5.03. The second-order valence-corrected chi connectivity index (χ2v) is 6.76. The van der Waals surface area contributed by atoms with Crippen molar-refractivity contribution in [3.63, 3.8) is 0 Å². The predicted molar refractivity (Wildman–Crippen MR) is 98.4 cm³/mol. The molecule has 2 heterocycles. The SMILES string of the molecule is O=C(COC(=O)CCCc1c[nH]c2ccccc12)NCc1cccs1. The van der Waals surface area contributed by atoms with Gasteiger partial charge in [0.1, 0.15) is 0 Å². The lowest BCUT2D eigenvalue weighted by Gasteiger charge is -2.06. The van der Waals surface area contributed by atoms with E-state index in [1.165, 1.54) is 10.9 Å². The first-order valence-electron chi connectivity index (χ1n) is 8.22. The van der Waals surface area contributed by atoms with Crippen molar-refractivity contribution in [2.45, 2.75) is 25.8 Å². The molecule has 6 heteroatoms. The van der Waals surface area contributed by atoms with E-state index in [1.807, 2.05) is 41.9 Å². The van der Waals surface area contributed by atoms with Crippen molar-refractivity contribution in [2.24, 2.45) is 0 Å². The number of aromatic nitrogens is 1. The average molecular weight is 356 g/mol. The second kappa shape index (κ2) is 8.48. The van der Waals surface area contributed by atoms with Gasteiger partial charge in [0.15, 0.2) is 6.61 Å². The van der Waals surface area contributed by atoms with Gasteiger partial charge >= 0.3 is 5.97 Å². The van der Waals surface area contributed by atoms with Gasteiger partial charge in [0.25, 0.3) is 5.91 Å². The van der Waals surface area contributed by atoms with Gasteiger partial charge in [-0.2, -0.15) is 0 Å². The molecule has 3 aromatic rings. The van der Waals surface area contributed by atoms with Gasteiger partial charge in [-0.05, 0) is 35.9 Å². The van der Waals surface area contributed by atoms with Crippen molar-refractivity contribution in [1.29, 1.82) is 0 Å². The quantitative estimate of drug-likeness (QED) is 0.608. The molecule has 2 aromatic heterocycles. The monoisotopic (exact) mass is 356 g/mol. The van der Waals surface area contributed by atoms with Gasteiger partial charge in [0.2, 0.25) is 0 Å². The molecule has 0 unspecified atom stereocenters. The van der Waals surface area contributed by atoms with Crippen LogP contribution in [0, 0.1) is 0 Å². The third kappa shape index (κ3) is 4.93. The Balaban J connectivity index is 1.34. The van der Waals surface area contributed by atoms with E-state index in [0.717, 1.165) is 16.8 Å². The van der Waals surface area contributed by atoms with Crippen molar-refractivity contribution < 1.29 is 14.3 Å². The fourth-order valence-electron chi connectivity index (χ4n) is 2.63. The molecule has 1 aromatic carbocycles. The first-order valence-corrected chi connectivity index (χ1v) is 9.10. The Morgan fingerprint density at radius 2 is 2.04 bits per heavy atom. The summed E-state index contributed by atoms with van der Waals surface area (Å²) in [5, 5.41) is 5.87. The molecule has 5 nitrogen and oxygen atoms in total. The predicted octanol–water partition coefficient (Wildman–Crippen LogP) is 3.41. The van der Waals surface area contributed by atoms with E-state index in [1.54, 1.807) is 11.3 Å². The Morgan fingerprint density at radius 1 is 1.16 bits per heavy atom. The summed E-state index contributed by atoms with van der Waals surface area (Å²) >= 11 is 1.57. The van der Waals surface area contributed by atoms with Crippen LogP contribution >= 0.6 is 11.3 Å². The lowest BCUT2D eigenvalue weighted by Crippen LogP contribution is -2.28. The highest BCUT2D eigenvalue weighted by Crippen LogP contribution is 2.19. The third-order valence-electron chi connectivity index (χ3n) is 3.91. The van der Waals surface area contributed by atoms with Gasteiger partial charge in [-0.15, -0.1) is 11.3 Å². The molecule has 0 aliphatic heterocycles. The summed E-state index contributed by atoms with van der Waals surface area (Å²) in [6, 6.07) is 12.0. The van der Waals surface area contributed by atoms with E-state index < -0.39 is 0 Å². The minimum absolute atomic E-state index is 0.225. The minimum Gasteiger partial charge on any atom is -0.456 e. The number of aromatic amines is 1. The van der Waals surface area contributed by atoms with Gasteiger partial charge in [-0.1, -0.05) is 24.3 Å². The van der Waals surface area contributed by atoms with E-state index >= 15 is 0 Å². The van der Waals surface area contributed by atoms with Crippen LogP contribution in [0.1, 0.15) is 23.3 Å². The van der Waals surface area contributed by atoms with Crippen LogP contribution < -0.4 is 5.32 Å². The van der Waals surface area contributed by atoms with Gasteiger partial charge in [-0.25, -0.2) is 0 Å². The van der Waals surface area contributed by atoms with Crippen molar-refractivity contribution in [3.8, 4) is 0 Å². The van der Waals surface area contributed by atoms with E-state index in [-0.39, 0.29) is 18.5 Å². The number of nitrogens with one attached hydrogen (secondary N) is 2. The Morgan fingerprint density at radius 3 is 2.88 bits per heavy atom. The molecule has 130 valence electrons. The highest BCUT2D eigenvalue weighted by atomic mass is 32.1. The molecule has 0 atom stereocenters. The number of aryl methyl sites for hydroxylation is 1. The second-order valence-electron chi connectivity index (χ2n) is 5.73. The normalized spacial score (nSPS) is 10.7. The van der Waals surface area contributed by atoms with Crippen LogP contribution in [0.4, 0.5) is 0 Å². The summed E-state index contributed by atoms with van der Waals surface area (Å²) in [4.78, 5) is 27.7. The number of para-hydroxylation sites is 1. The van der Waals surface area contributed by atoms with Crippen LogP contribution in [0.3, 0.4) is 0 Å². The average Bonchev–Trinajstić information content (AvgIpc) is 3.28. The highest BCUT2D eigenvalue weighted by molar-refractivity contribution is 7.09. The lowest BCUT2D eigenvalue weighted by molar-refractivity contribution is -0.148. The number of hydrogen-bond acceptors (Lipinski definition) is 4. The number of hydrogen-bond donors (Lipinski definition) is 2. The zero-order valence-electron chi connectivity index (χ0n) is 13.8. The summed E-state index contributed by atoms with van der Waals surface area (Å²) in [6.07, 6.45) is 3.77. The molecule has 3 rings (SSSR count). The third-order valence-corrected chi connectivity index (χ3v) is 4.78. The number of fused-ring (bicyclic) bond motifs is 1. The number of amides is 1. The van der Waals surface area contributed by atoms with Gasteiger partial charge in [0, 0.05) is 28.4 Å². The topological polar surface area (TPSA) is 71.2 Å². The number of carbonyl (C=O) groups is 2. The van der Waals surface area contributed by atoms with Gasteiger partial charge < -0.3 is 15.0 Å². The fraction of sp³-hybridized carbons (Fsp3) is 0.263. The Hall–Kier alpha value is -2.60. The molecule has 0 radical (unpaired) electrons. The summed E-state index contributed by atoms with van der Waals surface area (Å²) in [7, 11) is 0. The highest BCUT2D eigenvalue weighted by Gasteiger charge is 2.09. The maximum Gasteiger partial charge on any atom is 0.306 e. The summed E-state index contributed by atoms with van der Waals surface area (Å²) in [6.45, 7) is 0.242. The van der Waals surface area contributed by atoms with E-state index in [9.17, 15) is 9.59 Å². The standard InChI is InChI=1S/C19H20N2O3S/c22-18(21-12-15-6-4-10-25-15)13-24-19(23)9-3-5-14-11-20-17-8-2-1-7-16(14)17/h1-2,4,6-8,10-11,20H,3,5,9,12-13H2,(H,21,22). The number of ether oxygens (including phenoxy) is 1. The van der Waals surface area contributed by atoms with Crippen LogP contribution in [-0.4, -0.2) is 23.5 Å². The van der Waals surface area contributed by atoms with Crippen LogP contribution in [0.2, 0.25) is 0 Å². The molecule has 0 spiro atoms. The van der Waals surface area contributed by atoms with Crippen LogP contribution in [0.25, 0.3) is 10.9 Å². The Labute approximate surface area is 150 Å². The molecule has 25 heavy (non-hydrogen) atoms. The van der Waals surface area contributed by atoms with Gasteiger partial charge in [0.05, 0.1) is 6.54 Å². The van der Waals surface area contributed by atoms with Crippen LogP contribution in [0.5, 0.6) is 0 Å². The van der Waals surface area contributed by atoms with E-state index in [0.29, 0.717) is 19.4 Å². The number of H-pyrrole nitrogens is 1. The molecule has 0 saturated carbocycles. The molecular formula is C19H20N2O3S. The maximum atomic E-state index is 11.8. The molecule has 0 aliphatic rings. The number of esters is 1. The molecule has 0 bridgehead atoms. The molecule has 0 fully saturated rings. The zero-order valence-corrected chi connectivity index (χ0v) is 14.6. The fourth-order valence-corrected chi connectivity index (χ4v) is 3.27. The van der Waals surface area contributed by atoms with Crippen LogP contribution in [0.15, 0.2) is 48.0 Å². The minimum atomic E-state index is -0.342. The van der Waals surface area contributed by atoms with Gasteiger partial charge in [-0.3, -0.25) is 9.59 Å². The maximum absolute atomic E-state index is 11.8. The van der Waals surface area contributed by atoms with Crippen LogP contribution in [-0.2, 0) is 27.3 Å². The number of rotatable bonds is 8. The summed E-state index contributed by atoms with van der Waals surface area (Å²) in [5.41, 5.74) is 2.29. The molecular weight excluding hydrogens is 336 g/mol. The summed E-state index contributed by atoms with van der Waals surface area (Å²) in [5.74, 6) is -0.621. The molecule has 2 N–H and O–H groups in total. The van der Waals surface area contributed by atoms with Crippen molar-refractivity contribution in [2.75, 3.05) is 6.61 Å². The number of benzene rings is 1. The van der Waals surface area contributed by atoms with Crippen molar-refractivity contribution >= 4 is 34.1 Å².